The Balaban J connectivity index is 1.21. The summed E-state index contributed by atoms with van der Waals surface area (Å²) in [6.45, 7) is 1.60. The van der Waals surface area contributed by atoms with E-state index in [-0.39, 0.29) is 42.4 Å². The lowest BCUT2D eigenvalue weighted by Gasteiger charge is -2.31. The van der Waals surface area contributed by atoms with Crippen LogP contribution in [0, 0.1) is 0 Å². The fraction of sp³-hybridized carbons (Fsp3) is 0.393. The molecule has 39 heavy (non-hydrogen) atoms. The minimum atomic E-state index is -0.665. The summed E-state index contributed by atoms with van der Waals surface area (Å²) < 4.78 is 10.7. The summed E-state index contributed by atoms with van der Waals surface area (Å²) in [6.07, 6.45) is 2.44. The Labute approximate surface area is 231 Å². The lowest BCUT2D eigenvalue weighted by molar-refractivity contribution is -0.122. The fourth-order valence-corrected chi connectivity index (χ4v) is 5.57. The van der Waals surface area contributed by atoms with E-state index in [4.69, 9.17) is 14.5 Å². The van der Waals surface area contributed by atoms with Gasteiger partial charge in [-0.25, -0.2) is 4.99 Å². The Morgan fingerprint density at radius 2 is 1.92 bits per heavy atom. The topological polar surface area (TPSA) is 122 Å². The zero-order valence-corrected chi connectivity index (χ0v) is 22.5. The van der Waals surface area contributed by atoms with Crippen LogP contribution in [0.5, 0.6) is 5.75 Å². The van der Waals surface area contributed by atoms with Crippen molar-refractivity contribution >= 4 is 46.2 Å². The van der Waals surface area contributed by atoms with E-state index in [0.29, 0.717) is 29.8 Å². The lowest BCUT2D eigenvalue weighted by atomic mass is 10.1. The molecular formula is C28H31N5O5S. The first kappa shape index (κ1) is 26.9. The predicted octanol–water partition coefficient (Wildman–Crippen LogP) is 2.78. The summed E-state index contributed by atoms with van der Waals surface area (Å²) in [7, 11) is 1.60. The van der Waals surface area contributed by atoms with Gasteiger partial charge in [0.1, 0.15) is 17.6 Å². The van der Waals surface area contributed by atoms with Crippen molar-refractivity contribution in [3.05, 3.63) is 59.7 Å². The quantitative estimate of drug-likeness (QED) is 0.467. The molecule has 2 N–H and O–H groups in total. The number of carbonyl (C=O) groups is 3. The predicted molar refractivity (Wildman–Crippen MR) is 149 cm³/mol. The maximum absolute atomic E-state index is 13.0. The number of benzene rings is 2. The minimum Gasteiger partial charge on any atom is -0.497 e. The van der Waals surface area contributed by atoms with E-state index in [1.165, 1.54) is 11.8 Å². The average molecular weight is 550 g/mol. The zero-order valence-electron chi connectivity index (χ0n) is 21.7. The lowest BCUT2D eigenvalue weighted by Crippen LogP contribution is -2.44. The molecule has 5 rings (SSSR count). The molecule has 2 aromatic carbocycles. The molecule has 0 radical (unpaired) electrons. The molecule has 3 aliphatic rings. The second kappa shape index (κ2) is 12.4. The number of ether oxygens (including phenoxy) is 2. The molecule has 0 saturated carbocycles. The number of nitrogens with one attached hydrogen (secondary N) is 2. The molecule has 10 nitrogen and oxygen atoms in total. The third-order valence-corrected chi connectivity index (χ3v) is 7.74. The van der Waals surface area contributed by atoms with Crippen LogP contribution in [0.15, 0.2) is 58.5 Å². The number of para-hydroxylation sites is 1. The van der Waals surface area contributed by atoms with Crippen molar-refractivity contribution in [3.63, 3.8) is 0 Å². The van der Waals surface area contributed by atoms with Crippen LogP contribution < -0.4 is 15.4 Å². The van der Waals surface area contributed by atoms with Crippen LogP contribution in [-0.2, 0) is 25.7 Å². The van der Waals surface area contributed by atoms with Crippen LogP contribution >= 0.6 is 11.8 Å². The van der Waals surface area contributed by atoms with E-state index >= 15 is 0 Å². The number of nitrogens with zero attached hydrogens (tertiary/aromatic N) is 3. The third kappa shape index (κ3) is 6.48. The van der Waals surface area contributed by atoms with Crippen LogP contribution in [-0.4, -0.2) is 71.8 Å². The maximum Gasteiger partial charge on any atom is 0.270 e. The fourth-order valence-electron chi connectivity index (χ4n) is 4.69. The van der Waals surface area contributed by atoms with Gasteiger partial charge in [0, 0.05) is 31.7 Å². The van der Waals surface area contributed by atoms with Crippen molar-refractivity contribution in [2.24, 2.45) is 9.98 Å². The number of thioether (sulfide) groups is 1. The number of hydrogen-bond donors (Lipinski definition) is 2. The first-order valence-corrected chi connectivity index (χ1v) is 14.0. The smallest absolute Gasteiger partial charge is 0.270 e. The van der Waals surface area contributed by atoms with Gasteiger partial charge in [0.2, 0.25) is 11.8 Å². The molecule has 0 aliphatic carbocycles. The monoisotopic (exact) mass is 549 g/mol. The highest BCUT2D eigenvalue weighted by molar-refractivity contribution is 8.14. The van der Waals surface area contributed by atoms with Crippen molar-refractivity contribution in [2.75, 3.05) is 26.0 Å². The van der Waals surface area contributed by atoms with Gasteiger partial charge in [-0.1, -0.05) is 36.0 Å². The van der Waals surface area contributed by atoms with Gasteiger partial charge in [-0.3, -0.25) is 19.3 Å². The van der Waals surface area contributed by atoms with E-state index in [1.807, 2.05) is 48.5 Å². The number of amidine groups is 2. The highest BCUT2D eigenvalue weighted by Gasteiger charge is 2.41. The largest absolute Gasteiger partial charge is 0.497 e. The number of rotatable bonds is 10. The molecule has 204 valence electrons. The Kier molecular flexibility index (Phi) is 8.58. The molecule has 0 bridgehead atoms. The van der Waals surface area contributed by atoms with Gasteiger partial charge in [0.25, 0.3) is 5.91 Å². The van der Waals surface area contributed by atoms with Gasteiger partial charge in [-0.15, -0.1) is 0 Å². The highest BCUT2D eigenvalue weighted by Crippen LogP contribution is 2.35. The molecule has 1 fully saturated rings. The van der Waals surface area contributed by atoms with Gasteiger partial charge in [0.15, 0.2) is 5.17 Å². The van der Waals surface area contributed by atoms with Gasteiger partial charge in [-0.2, -0.15) is 4.99 Å². The number of amides is 3. The molecule has 3 amide bonds. The second-order valence-electron chi connectivity index (χ2n) is 9.46. The summed E-state index contributed by atoms with van der Waals surface area (Å²) >= 11 is 1.26. The Morgan fingerprint density at radius 1 is 1.10 bits per heavy atom. The molecule has 1 saturated heterocycles. The number of hydrogen-bond acceptors (Lipinski definition) is 8. The van der Waals surface area contributed by atoms with Crippen molar-refractivity contribution < 1.29 is 23.9 Å². The van der Waals surface area contributed by atoms with E-state index < -0.39 is 6.04 Å². The third-order valence-electron chi connectivity index (χ3n) is 6.78. The molecule has 2 unspecified atom stereocenters. The average Bonchev–Trinajstić information content (AvgIpc) is 3.60. The molecule has 3 aliphatic heterocycles. The van der Waals surface area contributed by atoms with Crippen LogP contribution in [0.3, 0.4) is 0 Å². The van der Waals surface area contributed by atoms with E-state index in [2.05, 4.69) is 15.6 Å². The molecule has 2 atom stereocenters. The number of carbonyl (C=O) groups excluding carboxylic acids is 3. The van der Waals surface area contributed by atoms with Gasteiger partial charge in [0.05, 0.1) is 24.7 Å². The Morgan fingerprint density at radius 3 is 2.69 bits per heavy atom. The van der Waals surface area contributed by atoms with E-state index in [9.17, 15) is 14.4 Å². The highest BCUT2D eigenvalue weighted by atomic mass is 32.2. The number of methoxy groups -OCH3 is 1. The van der Waals surface area contributed by atoms with Crippen LogP contribution in [0.4, 0.5) is 5.69 Å². The van der Waals surface area contributed by atoms with E-state index in [1.54, 1.807) is 12.0 Å². The normalized spacial score (nSPS) is 19.6. The summed E-state index contributed by atoms with van der Waals surface area (Å²) in [5.41, 5.74) is 2.40. The summed E-state index contributed by atoms with van der Waals surface area (Å²) in [4.78, 5) is 49.1. The number of aliphatic imine (C=N–C) groups is 2. The molecule has 3 heterocycles. The standard InChI is InChI=1S/C28H31N5O5S/c1-37-19-10-8-18(9-11-19)15-29-24(34)13-12-23-27(36)32-26-21-6-2-3-7-22(21)31-28(33(23)26)39-17-25(35)30-16-20-5-4-14-38-20/h2-3,6-11,20,23H,4-5,12-17H2,1H3,(H,29,34)(H,30,35). The van der Waals surface area contributed by atoms with Crippen molar-refractivity contribution in [1.82, 2.24) is 15.5 Å². The van der Waals surface area contributed by atoms with Gasteiger partial charge in [-0.05, 0) is 49.1 Å². The SMILES string of the molecule is COc1ccc(CNC(=O)CCC2C(=O)N=C3c4ccccc4N=C(SCC(=O)NCC4CCCO4)N32)cc1. The molecule has 0 aromatic heterocycles. The zero-order chi connectivity index (χ0) is 27.2. The van der Waals surface area contributed by atoms with Crippen LogP contribution in [0.1, 0.15) is 36.8 Å². The second-order valence-corrected chi connectivity index (χ2v) is 10.4. The van der Waals surface area contributed by atoms with E-state index in [0.717, 1.165) is 36.3 Å². The molecule has 11 heteroatoms. The van der Waals surface area contributed by atoms with Gasteiger partial charge >= 0.3 is 0 Å². The maximum atomic E-state index is 13.0. The first-order valence-electron chi connectivity index (χ1n) is 13.0. The summed E-state index contributed by atoms with van der Waals surface area (Å²) in [5.74, 6) is 0.789. The summed E-state index contributed by atoms with van der Waals surface area (Å²) in [6, 6.07) is 14.3. The first-order chi connectivity index (χ1) is 19.0. The van der Waals surface area contributed by atoms with Crippen molar-refractivity contribution in [3.8, 4) is 5.75 Å². The van der Waals surface area contributed by atoms with Gasteiger partial charge < -0.3 is 20.1 Å². The molecule has 0 spiro atoms. The van der Waals surface area contributed by atoms with Crippen LogP contribution in [0.25, 0.3) is 0 Å². The van der Waals surface area contributed by atoms with Crippen molar-refractivity contribution in [1.29, 1.82) is 0 Å². The van der Waals surface area contributed by atoms with Crippen molar-refractivity contribution in [2.45, 2.75) is 44.4 Å². The molecular weight excluding hydrogens is 518 g/mol. The summed E-state index contributed by atoms with van der Waals surface area (Å²) in [5, 5.41) is 6.35. The minimum absolute atomic E-state index is 0.0630. The Hall–Kier alpha value is -3.70. The number of fused-ring (bicyclic) bond motifs is 3. The van der Waals surface area contributed by atoms with Crippen LogP contribution in [0.2, 0.25) is 0 Å². The Bertz CT molecular complexity index is 1290. The molecule has 2 aromatic rings.